The lowest BCUT2D eigenvalue weighted by atomic mass is 9.96. The van der Waals surface area contributed by atoms with Crippen molar-refractivity contribution in [3.8, 4) is 0 Å². The maximum absolute atomic E-state index is 12.3. The molecule has 2 N–H and O–H groups in total. The zero-order chi connectivity index (χ0) is 17.9. The van der Waals surface area contributed by atoms with E-state index in [1.807, 2.05) is 0 Å². The molecule has 0 spiro atoms. The van der Waals surface area contributed by atoms with E-state index in [-0.39, 0.29) is 35.6 Å². The highest BCUT2D eigenvalue weighted by molar-refractivity contribution is 7.99. The summed E-state index contributed by atoms with van der Waals surface area (Å²) in [6, 6.07) is 0.0453. The van der Waals surface area contributed by atoms with E-state index in [4.69, 9.17) is 21.1 Å². The van der Waals surface area contributed by atoms with Gasteiger partial charge in [0.2, 0.25) is 0 Å². The van der Waals surface area contributed by atoms with Crippen LogP contribution in [0.5, 0.6) is 0 Å². The van der Waals surface area contributed by atoms with Crippen LogP contribution in [-0.2, 0) is 9.47 Å². The molecule has 0 bridgehead atoms. The molecule has 4 atom stereocenters. The number of hydrogen-bond donors (Lipinski definition) is 2. The molecule has 3 fully saturated rings. The Morgan fingerprint density at radius 2 is 1.81 bits per heavy atom. The quantitative estimate of drug-likeness (QED) is 0.757. The molecular weight excluding hydrogens is 376 g/mol. The second kappa shape index (κ2) is 8.29. The van der Waals surface area contributed by atoms with Crippen LogP contribution in [0.3, 0.4) is 0 Å². The van der Waals surface area contributed by atoms with Crippen LogP contribution < -0.4 is 10.6 Å². The van der Waals surface area contributed by atoms with Crippen molar-refractivity contribution in [3.63, 3.8) is 0 Å². The number of nitrogens with zero attached hydrogens (tertiary/aromatic N) is 2. The largest absolute Gasteiger partial charge is 0.372 e. The predicted octanol–water partition coefficient (Wildman–Crippen LogP) is 2.39. The third-order valence-electron chi connectivity index (χ3n) is 5.12. The fraction of sp³-hybridized carbons (Fsp3) is 0.706. The van der Waals surface area contributed by atoms with Gasteiger partial charge in [0.05, 0.1) is 41.9 Å². The summed E-state index contributed by atoms with van der Waals surface area (Å²) in [6.07, 6.45) is 8.75. The summed E-state index contributed by atoms with van der Waals surface area (Å²) in [4.78, 5) is 20.7. The number of fused-ring (bicyclic) bond motifs is 1. The highest BCUT2D eigenvalue weighted by Crippen LogP contribution is 2.36. The standard InChI is InChI=1S/C17H23ClN4O3S/c18-10-6-19-17(20-7-10)26-13-9-25-14-12(8-24-15(13)14)22-16(23)21-11-4-2-1-3-5-11/h6-7,11-15H,1-5,8-9H2,(H2,21,22,23)/t12-,13-,14+,15+/m0/s1. The van der Waals surface area contributed by atoms with Crippen molar-refractivity contribution in [1.82, 2.24) is 20.6 Å². The molecule has 1 aliphatic carbocycles. The Morgan fingerprint density at radius 1 is 1.08 bits per heavy atom. The molecule has 2 amide bonds. The summed E-state index contributed by atoms with van der Waals surface area (Å²) in [5, 5.41) is 7.39. The maximum atomic E-state index is 12.3. The van der Waals surface area contributed by atoms with Crippen LogP contribution >= 0.6 is 23.4 Å². The lowest BCUT2D eigenvalue weighted by Gasteiger charge is -2.24. The van der Waals surface area contributed by atoms with Crippen LogP contribution in [0.2, 0.25) is 5.02 Å². The number of aromatic nitrogens is 2. The number of ether oxygens (including phenoxy) is 2. The van der Waals surface area contributed by atoms with Crippen LogP contribution in [0.4, 0.5) is 4.79 Å². The molecule has 0 radical (unpaired) electrons. The molecule has 0 aromatic carbocycles. The molecule has 3 heterocycles. The fourth-order valence-corrected chi connectivity index (χ4v) is 4.94. The molecule has 2 aliphatic heterocycles. The molecule has 3 aliphatic rings. The Balaban J connectivity index is 1.28. The summed E-state index contributed by atoms with van der Waals surface area (Å²) in [5.41, 5.74) is 0. The molecule has 7 nitrogen and oxygen atoms in total. The molecule has 4 rings (SSSR count). The van der Waals surface area contributed by atoms with Gasteiger partial charge in [0.25, 0.3) is 0 Å². The summed E-state index contributed by atoms with van der Waals surface area (Å²) in [7, 11) is 0. The van der Waals surface area contributed by atoms with Gasteiger partial charge in [-0.25, -0.2) is 14.8 Å². The summed E-state index contributed by atoms with van der Waals surface area (Å²) in [6.45, 7) is 1.01. The Labute approximate surface area is 162 Å². The molecule has 26 heavy (non-hydrogen) atoms. The van der Waals surface area contributed by atoms with Gasteiger partial charge in [0, 0.05) is 6.04 Å². The minimum atomic E-state index is -0.128. The van der Waals surface area contributed by atoms with E-state index in [1.165, 1.54) is 31.0 Å². The van der Waals surface area contributed by atoms with Crippen LogP contribution in [0.1, 0.15) is 32.1 Å². The van der Waals surface area contributed by atoms with Crippen molar-refractivity contribution in [3.05, 3.63) is 17.4 Å². The van der Waals surface area contributed by atoms with Crippen LogP contribution in [0.15, 0.2) is 17.6 Å². The zero-order valence-electron chi connectivity index (χ0n) is 14.4. The highest BCUT2D eigenvalue weighted by Gasteiger charge is 2.48. The monoisotopic (exact) mass is 398 g/mol. The molecule has 1 aromatic heterocycles. The molecule has 2 saturated heterocycles. The van der Waals surface area contributed by atoms with E-state index in [0.717, 1.165) is 12.8 Å². The molecular formula is C17H23ClN4O3S. The Hall–Kier alpha value is -1.09. The summed E-state index contributed by atoms with van der Waals surface area (Å²) in [5.74, 6) is 0. The van der Waals surface area contributed by atoms with Crippen molar-refractivity contribution in [2.75, 3.05) is 13.2 Å². The first-order valence-corrected chi connectivity index (χ1v) is 10.4. The lowest BCUT2D eigenvalue weighted by Crippen LogP contribution is -2.51. The molecule has 1 saturated carbocycles. The van der Waals surface area contributed by atoms with Gasteiger partial charge < -0.3 is 20.1 Å². The number of rotatable bonds is 4. The Bertz CT molecular complexity index is 629. The van der Waals surface area contributed by atoms with Gasteiger partial charge in [0.15, 0.2) is 5.16 Å². The minimum Gasteiger partial charge on any atom is -0.372 e. The number of nitrogens with one attached hydrogen (secondary N) is 2. The second-order valence-corrected chi connectivity index (χ2v) is 8.64. The maximum Gasteiger partial charge on any atom is 0.315 e. The third-order valence-corrected chi connectivity index (χ3v) is 6.44. The number of urea groups is 1. The van der Waals surface area contributed by atoms with E-state index < -0.39 is 0 Å². The first kappa shape index (κ1) is 18.3. The highest BCUT2D eigenvalue weighted by atomic mass is 35.5. The average molecular weight is 399 g/mol. The average Bonchev–Trinajstić information content (AvgIpc) is 3.22. The number of hydrogen-bond acceptors (Lipinski definition) is 6. The molecule has 1 aromatic rings. The molecule has 0 unspecified atom stereocenters. The van der Waals surface area contributed by atoms with Gasteiger partial charge in [-0.3, -0.25) is 0 Å². The van der Waals surface area contributed by atoms with Crippen LogP contribution in [0, 0.1) is 0 Å². The third kappa shape index (κ3) is 4.24. The number of carbonyl (C=O) groups is 1. The van der Waals surface area contributed by atoms with Crippen LogP contribution in [-0.4, -0.2) is 58.8 Å². The van der Waals surface area contributed by atoms with Crippen molar-refractivity contribution < 1.29 is 14.3 Å². The molecule has 142 valence electrons. The van der Waals surface area contributed by atoms with Gasteiger partial charge in [0.1, 0.15) is 12.2 Å². The Morgan fingerprint density at radius 3 is 2.58 bits per heavy atom. The number of thioether (sulfide) groups is 1. The van der Waals surface area contributed by atoms with E-state index in [1.54, 1.807) is 12.4 Å². The van der Waals surface area contributed by atoms with E-state index in [0.29, 0.717) is 23.4 Å². The van der Waals surface area contributed by atoms with Gasteiger partial charge in [-0.15, -0.1) is 0 Å². The molecule has 9 heteroatoms. The normalized spacial score (nSPS) is 31.6. The number of amides is 2. The second-order valence-electron chi connectivity index (χ2n) is 7.00. The van der Waals surface area contributed by atoms with Gasteiger partial charge in [-0.2, -0.15) is 0 Å². The summed E-state index contributed by atoms with van der Waals surface area (Å²) < 4.78 is 11.8. The smallest absolute Gasteiger partial charge is 0.315 e. The van der Waals surface area contributed by atoms with Crippen LogP contribution in [0.25, 0.3) is 0 Å². The topological polar surface area (TPSA) is 85.4 Å². The van der Waals surface area contributed by atoms with Gasteiger partial charge >= 0.3 is 6.03 Å². The first-order chi connectivity index (χ1) is 12.7. The fourth-order valence-electron chi connectivity index (χ4n) is 3.83. The van der Waals surface area contributed by atoms with E-state index >= 15 is 0 Å². The number of carbonyl (C=O) groups excluding carboxylic acids is 1. The summed E-state index contributed by atoms with van der Waals surface area (Å²) >= 11 is 7.35. The van der Waals surface area contributed by atoms with Gasteiger partial charge in [-0.05, 0) is 12.8 Å². The van der Waals surface area contributed by atoms with Crippen molar-refractivity contribution >= 4 is 29.4 Å². The minimum absolute atomic E-state index is 0.0701. The van der Waals surface area contributed by atoms with E-state index in [9.17, 15) is 4.79 Å². The zero-order valence-corrected chi connectivity index (χ0v) is 16.0. The van der Waals surface area contributed by atoms with Crippen molar-refractivity contribution in [1.29, 1.82) is 0 Å². The Kier molecular flexibility index (Phi) is 5.83. The van der Waals surface area contributed by atoms with Crippen molar-refractivity contribution in [2.24, 2.45) is 0 Å². The first-order valence-electron chi connectivity index (χ1n) is 9.13. The number of halogens is 1. The lowest BCUT2D eigenvalue weighted by molar-refractivity contribution is 0.0693. The predicted molar refractivity (Wildman–Crippen MR) is 98.5 cm³/mol. The van der Waals surface area contributed by atoms with Crippen molar-refractivity contribution in [2.45, 2.75) is 66.8 Å². The SMILES string of the molecule is O=C(NC1CCCCC1)N[C@H]1CO[C@H]2[C@@H]1OC[C@@H]2Sc1ncc(Cl)cn1. The van der Waals surface area contributed by atoms with Gasteiger partial charge in [-0.1, -0.05) is 42.6 Å². The van der Waals surface area contributed by atoms with E-state index in [2.05, 4.69) is 20.6 Å².